The van der Waals surface area contributed by atoms with E-state index in [0.29, 0.717) is 17.2 Å². The highest BCUT2D eigenvalue weighted by Crippen LogP contribution is 2.33. The van der Waals surface area contributed by atoms with Crippen LogP contribution in [-0.4, -0.2) is 36.7 Å². The smallest absolute Gasteiger partial charge is 0.358 e. The maximum atomic E-state index is 13.5. The lowest BCUT2D eigenvalue weighted by Gasteiger charge is -2.25. The number of sulfonamides is 1. The van der Waals surface area contributed by atoms with Gasteiger partial charge in [0, 0.05) is 24.8 Å². The summed E-state index contributed by atoms with van der Waals surface area (Å²) in [6.45, 7) is 2.27. The molecule has 2 atom stereocenters. The molecule has 0 amide bonds. The molecule has 2 aromatic rings. The highest BCUT2D eigenvalue weighted by atomic mass is 32.2. The molecule has 170 valence electrons. The first-order valence-corrected chi connectivity index (χ1v) is 13.0. The minimum atomic E-state index is -3.60. The fourth-order valence-corrected chi connectivity index (χ4v) is 6.11. The maximum Gasteiger partial charge on any atom is 0.358 e. The third-order valence-corrected chi connectivity index (χ3v) is 8.12. The van der Waals surface area contributed by atoms with Crippen LogP contribution >= 0.6 is 12.2 Å². The Morgan fingerprint density at radius 1 is 0.969 bits per heavy atom. The van der Waals surface area contributed by atoms with Gasteiger partial charge in [0.05, 0.1) is 4.90 Å². The molecule has 0 fully saturated rings. The van der Waals surface area contributed by atoms with Gasteiger partial charge in [-0.2, -0.15) is 4.31 Å². The third-order valence-electron chi connectivity index (χ3n) is 6.05. The van der Waals surface area contributed by atoms with Crippen LogP contribution in [0.3, 0.4) is 0 Å². The Labute approximate surface area is 196 Å². The summed E-state index contributed by atoms with van der Waals surface area (Å²) in [5, 5.41) is 0.0653. The molecule has 0 radical (unpaired) electrons. The molecule has 0 saturated carbocycles. The van der Waals surface area contributed by atoms with Gasteiger partial charge < -0.3 is 9.47 Å². The predicted octanol–water partition coefficient (Wildman–Crippen LogP) is 5.40. The number of ether oxygens (including phenoxy) is 2. The number of para-hydroxylation sites is 1. The second-order valence-corrected chi connectivity index (χ2v) is 10.7. The lowest BCUT2D eigenvalue weighted by atomic mass is 9.99. The molecule has 2 aromatic carbocycles. The van der Waals surface area contributed by atoms with Crippen LogP contribution in [0.2, 0.25) is 0 Å². The van der Waals surface area contributed by atoms with Crippen molar-refractivity contribution in [3.05, 3.63) is 71.8 Å². The summed E-state index contributed by atoms with van der Waals surface area (Å²) in [5.41, 5.74) is 2.00. The van der Waals surface area contributed by atoms with E-state index in [9.17, 15) is 8.42 Å². The Balaban J connectivity index is 1.54. The van der Waals surface area contributed by atoms with Crippen LogP contribution in [0.25, 0.3) is 0 Å². The molecule has 2 bridgehead atoms. The molecule has 2 aliphatic rings. The van der Waals surface area contributed by atoms with Crippen molar-refractivity contribution in [1.29, 1.82) is 0 Å². The number of hydrogen-bond acceptors (Lipinski definition) is 5. The van der Waals surface area contributed by atoms with Crippen LogP contribution in [0.4, 0.5) is 0 Å². The van der Waals surface area contributed by atoms with E-state index in [1.54, 1.807) is 16.4 Å². The zero-order valence-corrected chi connectivity index (χ0v) is 19.9. The van der Waals surface area contributed by atoms with Gasteiger partial charge in [-0.15, -0.1) is 0 Å². The molecule has 32 heavy (non-hydrogen) atoms. The summed E-state index contributed by atoms with van der Waals surface area (Å²) in [7, 11) is -3.60. The molecule has 0 aromatic heterocycles. The number of thiocarbonyl (C=S) groups is 1. The number of rotatable bonds is 4. The SMILES string of the molecule is Cc1ccc(S(=O)(=O)N2CC3=CC2CCCCCCC3OC(=S)Oc2ccccc2)cc1. The third kappa shape index (κ3) is 5.39. The van der Waals surface area contributed by atoms with Crippen molar-refractivity contribution in [3.8, 4) is 5.75 Å². The molecule has 1 aliphatic carbocycles. The average molecular weight is 472 g/mol. The Morgan fingerprint density at radius 3 is 2.38 bits per heavy atom. The lowest BCUT2D eigenvalue weighted by Crippen LogP contribution is -2.37. The molecule has 4 rings (SSSR count). The number of nitrogens with zero attached hydrogens (tertiary/aromatic N) is 1. The second kappa shape index (κ2) is 10.1. The van der Waals surface area contributed by atoms with Crippen LogP contribution in [0.15, 0.2) is 71.1 Å². The van der Waals surface area contributed by atoms with Gasteiger partial charge in [-0.1, -0.05) is 61.2 Å². The van der Waals surface area contributed by atoms with E-state index in [-0.39, 0.29) is 17.4 Å². The van der Waals surface area contributed by atoms with Gasteiger partial charge in [-0.05, 0) is 56.0 Å². The summed E-state index contributed by atoms with van der Waals surface area (Å²) in [6.07, 6.45) is 7.58. The first kappa shape index (κ1) is 23.0. The van der Waals surface area contributed by atoms with Crippen molar-refractivity contribution < 1.29 is 17.9 Å². The van der Waals surface area contributed by atoms with E-state index in [1.165, 1.54) is 0 Å². The molecule has 1 aliphatic heterocycles. The Kier molecular flexibility index (Phi) is 7.28. The van der Waals surface area contributed by atoms with Crippen molar-refractivity contribution >= 4 is 27.5 Å². The monoisotopic (exact) mass is 471 g/mol. The standard InChI is InChI=1S/C25H29NO4S2/c1-19-13-15-23(16-14-19)32(27,28)26-18-20-17-21(26)9-5-2-3-8-12-24(20)30-25(31)29-22-10-6-4-7-11-22/h4,6-7,10-11,13-17,21,24H,2-3,5,8-9,12,18H2,1H3. The van der Waals surface area contributed by atoms with E-state index in [0.717, 1.165) is 49.7 Å². The minimum absolute atomic E-state index is 0.0653. The number of aryl methyl sites for hydroxylation is 1. The van der Waals surface area contributed by atoms with Gasteiger partial charge in [0.2, 0.25) is 10.0 Å². The van der Waals surface area contributed by atoms with Gasteiger partial charge in [-0.3, -0.25) is 0 Å². The van der Waals surface area contributed by atoms with Crippen molar-refractivity contribution in [1.82, 2.24) is 4.31 Å². The molecule has 0 spiro atoms. The van der Waals surface area contributed by atoms with Gasteiger partial charge in [0.15, 0.2) is 0 Å². The molecule has 0 saturated heterocycles. The van der Waals surface area contributed by atoms with Crippen molar-refractivity contribution in [3.63, 3.8) is 0 Å². The topological polar surface area (TPSA) is 55.8 Å². The average Bonchev–Trinajstić information content (AvgIpc) is 3.20. The molecule has 2 unspecified atom stereocenters. The summed E-state index contributed by atoms with van der Waals surface area (Å²) < 4.78 is 40.3. The quantitative estimate of drug-likeness (QED) is 0.442. The number of benzene rings is 2. The Hall–Kier alpha value is -2.22. The maximum absolute atomic E-state index is 13.5. The first-order chi connectivity index (χ1) is 15.4. The van der Waals surface area contributed by atoms with Crippen molar-refractivity contribution in [2.45, 2.75) is 62.5 Å². The van der Waals surface area contributed by atoms with Crippen molar-refractivity contribution in [2.75, 3.05) is 6.54 Å². The lowest BCUT2D eigenvalue weighted by molar-refractivity contribution is 0.170. The normalized spacial score (nSPS) is 22.1. The van der Waals surface area contributed by atoms with Gasteiger partial charge in [0.25, 0.3) is 0 Å². The summed E-state index contributed by atoms with van der Waals surface area (Å²) in [5.74, 6) is 0.624. The summed E-state index contributed by atoms with van der Waals surface area (Å²) in [4.78, 5) is 0.332. The van der Waals surface area contributed by atoms with Crippen LogP contribution in [0.5, 0.6) is 5.75 Å². The second-order valence-electron chi connectivity index (χ2n) is 8.44. The molecular weight excluding hydrogens is 442 g/mol. The van der Waals surface area contributed by atoms with Crippen LogP contribution in [-0.2, 0) is 14.8 Å². The summed E-state index contributed by atoms with van der Waals surface area (Å²) >= 11 is 5.36. The largest absolute Gasteiger partial charge is 0.449 e. The molecule has 0 N–H and O–H groups in total. The zero-order chi connectivity index (χ0) is 22.6. The fourth-order valence-electron chi connectivity index (χ4n) is 4.31. The minimum Gasteiger partial charge on any atom is -0.449 e. The first-order valence-electron chi connectivity index (χ1n) is 11.2. The van der Waals surface area contributed by atoms with Crippen LogP contribution < -0.4 is 4.74 Å². The molecule has 1 heterocycles. The van der Waals surface area contributed by atoms with Gasteiger partial charge >= 0.3 is 5.24 Å². The molecule has 7 heteroatoms. The predicted molar refractivity (Wildman–Crippen MR) is 129 cm³/mol. The Bertz CT molecular complexity index is 1060. The van der Waals surface area contributed by atoms with E-state index < -0.39 is 10.0 Å². The van der Waals surface area contributed by atoms with Crippen LogP contribution in [0.1, 0.15) is 44.1 Å². The van der Waals surface area contributed by atoms with E-state index >= 15 is 0 Å². The van der Waals surface area contributed by atoms with Crippen LogP contribution in [0, 0.1) is 6.92 Å². The van der Waals surface area contributed by atoms with Gasteiger partial charge in [-0.25, -0.2) is 8.42 Å². The summed E-state index contributed by atoms with van der Waals surface area (Å²) in [6, 6.07) is 16.2. The highest BCUT2D eigenvalue weighted by Gasteiger charge is 2.38. The van der Waals surface area contributed by atoms with Gasteiger partial charge in [0.1, 0.15) is 11.9 Å². The Morgan fingerprint density at radius 2 is 1.66 bits per heavy atom. The molecular formula is C25H29NO4S2. The zero-order valence-electron chi connectivity index (χ0n) is 18.3. The number of hydrogen-bond donors (Lipinski definition) is 0. The van der Waals surface area contributed by atoms with Crippen molar-refractivity contribution in [2.24, 2.45) is 0 Å². The molecule has 5 nitrogen and oxygen atoms in total. The fraction of sp³-hybridized carbons (Fsp3) is 0.400. The highest BCUT2D eigenvalue weighted by molar-refractivity contribution is 7.89. The number of fused-ring (bicyclic) bond motifs is 1. The van der Waals surface area contributed by atoms with E-state index in [4.69, 9.17) is 21.7 Å². The van der Waals surface area contributed by atoms with E-state index in [2.05, 4.69) is 6.08 Å². The van der Waals surface area contributed by atoms with E-state index in [1.807, 2.05) is 49.4 Å².